The van der Waals surface area contributed by atoms with Gasteiger partial charge in [-0.2, -0.15) is 0 Å². The molecule has 5 nitrogen and oxygen atoms in total. The van der Waals surface area contributed by atoms with Crippen molar-refractivity contribution in [2.75, 3.05) is 25.0 Å². The van der Waals surface area contributed by atoms with Gasteiger partial charge in [0, 0.05) is 12.6 Å². The Morgan fingerprint density at radius 2 is 2.19 bits per heavy atom. The Morgan fingerprint density at radius 1 is 1.31 bits per heavy atom. The topological polar surface area (TPSA) is 73.1 Å². The van der Waals surface area contributed by atoms with Gasteiger partial charge in [0.25, 0.3) is 0 Å². The summed E-state index contributed by atoms with van der Waals surface area (Å²) >= 11 is 0. The smallest absolute Gasteiger partial charge is 0.218 e. The zero-order chi connectivity index (χ0) is 11.6. The molecule has 0 amide bonds. The Labute approximate surface area is 96.4 Å². The molecule has 1 rings (SSSR count). The van der Waals surface area contributed by atoms with Gasteiger partial charge in [-0.05, 0) is 26.3 Å². The van der Waals surface area contributed by atoms with Crippen LogP contribution < -0.4 is 15.8 Å². The van der Waals surface area contributed by atoms with E-state index in [0.717, 1.165) is 38.2 Å². The number of nitrogens with two attached hydrogens (primary N) is 1. The molecule has 0 saturated carbocycles. The van der Waals surface area contributed by atoms with E-state index in [1.807, 2.05) is 13.0 Å². The van der Waals surface area contributed by atoms with Crippen LogP contribution in [-0.4, -0.2) is 29.7 Å². The predicted molar refractivity (Wildman–Crippen MR) is 64.6 cm³/mol. The van der Waals surface area contributed by atoms with Crippen LogP contribution in [-0.2, 0) is 0 Å². The van der Waals surface area contributed by atoms with Gasteiger partial charge in [0.2, 0.25) is 5.88 Å². The first-order chi connectivity index (χ1) is 7.86. The molecule has 0 unspecified atom stereocenters. The Bertz CT molecular complexity index is 293. The lowest BCUT2D eigenvalue weighted by Gasteiger charge is -2.06. The summed E-state index contributed by atoms with van der Waals surface area (Å²) in [6.45, 7) is 4.22. The third kappa shape index (κ3) is 4.93. The van der Waals surface area contributed by atoms with Crippen LogP contribution in [0.15, 0.2) is 12.4 Å². The van der Waals surface area contributed by atoms with E-state index in [9.17, 15) is 0 Å². The van der Waals surface area contributed by atoms with Gasteiger partial charge in [-0.1, -0.05) is 6.42 Å². The number of hydrogen-bond acceptors (Lipinski definition) is 5. The van der Waals surface area contributed by atoms with E-state index < -0.39 is 0 Å². The largest absolute Gasteiger partial charge is 0.478 e. The molecular formula is C11H20N4O. The number of aromatic nitrogens is 2. The van der Waals surface area contributed by atoms with Crippen LogP contribution in [0.1, 0.15) is 26.2 Å². The van der Waals surface area contributed by atoms with E-state index >= 15 is 0 Å². The van der Waals surface area contributed by atoms with Crippen molar-refractivity contribution in [3.63, 3.8) is 0 Å². The SMILES string of the molecule is CCOc1cc(NCCCCCN)ncn1. The van der Waals surface area contributed by atoms with Gasteiger partial charge in [0.1, 0.15) is 12.1 Å². The molecule has 0 radical (unpaired) electrons. The standard InChI is InChI=1S/C11H20N4O/c1-2-16-11-8-10(14-9-15-11)13-7-5-3-4-6-12/h8-9H,2-7,12H2,1H3,(H,13,14,15). The van der Waals surface area contributed by atoms with Gasteiger partial charge >= 0.3 is 0 Å². The van der Waals surface area contributed by atoms with E-state index in [1.165, 1.54) is 6.33 Å². The second-order valence-electron chi connectivity index (χ2n) is 3.45. The molecule has 1 heterocycles. The summed E-state index contributed by atoms with van der Waals surface area (Å²) in [7, 11) is 0. The van der Waals surface area contributed by atoms with E-state index in [-0.39, 0.29) is 0 Å². The summed E-state index contributed by atoms with van der Waals surface area (Å²) in [5, 5.41) is 3.23. The van der Waals surface area contributed by atoms with E-state index in [4.69, 9.17) is 10.5 Å². The average molecular weight is 224 g/mol. The van der Waals surface area contributed by atoms with Crippen LogP contribution in [0.25, 0.3) is 0 Å². The molecular weight excluding hydrogens is 204 g/mol. The van der Waals surface area contributed by atoms with Crippen molar-refractivity contribution >= 4 is 5.82 Å². The fourth-order valence-electron chi connectivity index (χ4n) is 1.33. The van der Waals surface area contributed by atoms with Crippen LogP contribution in [0.2, 0.25) is 0 Å². The maximum atomic E-state index is 5.42. The molecule has 0 aliphatic rings. The molecule has 90 valence electrons. The molecule has 0 fully saturated rings. The molecule has 1 aromatic rings. The fourth-order valence-corrected chi connectivity index (χ4v) is 1.33. The fraction of sp³-hybridized carbons (Fsp3) is 0.636. The number of nitrogens with one attached hydrogen (secondary N) is 1. The summed E-state index contributed by atoms with van der Waals surface area (Å²) in [5.74, 6) is 1.42. The third-order valence-electron chi connectivity index (χ3n) is 2.12. The van der Waals surface area contributed by atoms with Crippen molar-refractivity contribution in [1.29, 1.82) is 0 Å². The molecule has 0 bridgehead atoms. The molecule has 0 aliphatic carbocycles. The highest BCUT2D eigenvalue weighted by Gasteiger charge is 1.97. The van der Waals surface area contributed by atoms with Gasteiger partial charge in [-0.25, -0.2) is 9.97 Å². The molecule has 16 heavy (non-hydrogen) atoms. The Morgan fingerprint density at radius 3 is 2.94 bits per heavy atom. The monoisotopic (exact) mass is 224 g/mol. The van der Waals surface area contributed by atoms with Crippen LogP contribution in [0.5, 0.6) is 5.88 Å². The van der Waals surface area contributed by atoms with Crippen LogP contribution >= 0.6 is 0 Å². The molecule has 5 heteroatoms. The summed E-state index contributed by atoms with van der Waals surface area (Å²) in [4.78, 5) is 8.11. The minimum atomic E-state index is 0.613. The lowest BCUT2D eigenvalue weighted by atomic mass is 10.2. The Hall–Kier alpha value is -1.36. The summed E-state index contributed by atoms with van der Waals surface area (Å²) < 4.78 is 5.28. The molecule has 3 N–H and O–H groups in total. The highest BCUT2D eigenvalue weighted by molar-refractivity contribution is 5.36. The number of ether oxygens (including phenoxy) is 1. The first kappa shape index (κ1) is 12.7. The lowest BCUT2D eigenvalue weighted by molar-refractivity contribution is 0.326. The number of rotatable bonds is 8. The maximum absolute atomic E-state index is 5.42. The van der Waals surface area contributed by atoms with Crippen molar-refractivity contribution in [2.24, 2.45) is 5.73 Å². The number of anilines is 1. The van der Waals surface area contributed by atoms with E-state index in [2.05, 4.69) is 15.3 Å². The van der Waals surface area contributed by atoms with Crippen LogP contribution in [0.3, 0.4) is 0 Å². The van der Waals surface area contributed by atoms with Gasteiger partial charge in [0.15, 0.2) is 0 Å². The molecule has 0 spiro atoms. The predicted octanol–water partition coefficient (Wildman–Crippen LogP) is 1.42. The van der Waals surface area contributed by atoms with Crippen LogP contribution in [0, 0.1) is 0 Å². The van der Waals surface area contributed by atoms with Crippen molar-refractivity contribution < 1.29 is 4.74 Å². The van der Waals surface area contributed by atoms with Gasteiger partial charge in [-0.15, -0.1) is 0 Å². The maximum Gasteiger partial charge on any atom is 0.218 e. The quantitative estimate of drug-likeness (QED) is 0.653. The third-order valence-corrected chi connectivity index (χ3v) is 2.12. The molecule has 0 aliphatic heterocycles. The second kappa shape index (κ2) is 7.87. The molecule has 0 saturated heterocycles. The van der Waals surface area contributed by atoms with Gasteiger partial charge < -0.3 is 15.8 Å². The van der Waals surface area contributed by atoms with Crippen LogP contribution in [0.4, 0.5) is 5.82 Å². The molecule has 1 aromatic heterocycles. The zero-order valence-electron chi connectivity index (χ0n) is 9.78. The number of hydrogen-bond donors (Lipinski definition) is 2. The minimum Gasteiger partial charge on any atom is -0.478 e. The second-order valence-corrected chi connectivity index (χ2v) is 3.45. The normalized spacial score (nSPS) is 10.1. The Balaban J connectivity index is 2.27. The van der Waals surface area contributed by atoms with Crippen molar-refractivity contribution in [3.8, 4) is 5.88 Å². The van der Waals surface area contributed by atoms with Gasteiger partial charge in [-0.3, -0.25) is 0 Å². The minimum absolute atomic E-state index is 0.613. The highest BCUT2D eigenvalue weighted by Crippen LogP contribution is 2.10. The van der Waals surface area contributed by atoms with Crippen molar-refractivity contribution in [2.45, 2.75) is 26.2 Å². The average Bonchev–Trinajstić information content (AvgIpc) is 2.30. The summed E-state index contributed by atoms with van der Waals surface area (Å²) in [6.07, 6.45) is 4.83. The molecule has 0 atom stereocenters. The van der Waals surface area contributed by atoms with Gasteiger partial charge in [0.05, 0.1) is 6.61 Å². The van der Waals surface area contributed by atoms with Crippen molar-refractivity contribution in [3.05, 3.63) is 12.4 Å². The summed E-state index contributed by atoms with van der Waals surface area (Å²) in [5.41, 5.74) is 5.42. The van der Waals surface area contributed by atoms with E-state index in [0.29, 0.717) is 12.5 Å². The molecule has 0 aromatic carbocycles. The Kier molecular flexibility index (Phi) is 6.25. The van der Waals surface area contributed by atoms with Crippen molar-refractivity contribution in [1.82, 2.24) is 9.97 Å². The number of unbranched alkanes of at least 4 members (excludes halogenated alkanes) is 2. The first-order valence-corrected chi connectivity index (χ1v) is 5.75. The van der Waals surface area contributed by atoms with E-state index in [1.54, 1.807) is 0 Å². The first-order valence-electron chi connectivity index (χ1n) is 5.75. The summed E-state index contributed by atoms with van der Waals surface area (Å²) in [6, 6.07) is 1.81. The zero-order valence-corrected chi connectivity index (χ0v) is 9.78. The highest BCUT2D eigenvalue weighted by atomic mass is 16.5. The number of nitrogens with zero attached hydrogens (tertiary/aromatic N) is 2. The lowest BCUT2D eigenvalue weighted by Crippen LogP contribution is -2.06.